The number of hydrogen-bond donors (Lipinski definition) is 1. The molecule has 1 aromatic heterocycles. The summed E-state index contributed by atoms with van der Waals surface area (Å²) in [5.41, 5.74) is 1.07. The van der Waals surface area contributed by atoms with Crippen LogP contribution in [0.1, 0.15) is 12.1 Å². The summed E-state index contributed by atoms with van der Waals surface area (Å²) in [6, 6.07) is 1.93. The summed E-state index contributed by atoms with van der Waals surface area (Å²) in [5, 5.41) is 6.76. The molecule has 1 fully saturated rings. The van der Waals surface area contributed by atoms with Crippen molar-refractivity contribution >= 4 is 17.5 Å². The lowest BCUT2D eigenvalue weighted by Gasteiger charge is -2.15. The predicted octanol–water partition coefficient (Wildman–Crippen LogP) is 1.04. The van der Waals surface area contributed by atoms with Crippen LogP contribution in [0.5, 0.6) is 0 Å². The molecular weight excluding hydrogens is 214 g/mol. The summed E-state index contributed by atoms with van der Waals surface area (Å²) in [4.78, 5) is 13.4. The fourth-order valence-electron chi connectivity index (χ4n) is 1.85. The maximum Gasteiger partial charge on any atom is 0.222 e. The third-order valence-electron chi connectivity index (χ3n) is 2.72. The van der Waals surface area contributed by atoms with Crippen LogP contribution >= 0.6 is 11.6 Å². The van der Waals surface area contributed by atoms with Gasteiger partial charge in [-0.2, -0.15) is 5.10 Å². The van der Waals surface area contributed by atoms with Crippen LogP contribution in [-0.2, 0) is 11.2 Å². The molecule has 0 aromatic carbocycles. The van der Waals surface area contributed by atoms with E-state index in [1.54, 1.807) is 6.20 Å². The molecular formula is C10H14ClN3O. The second-order valence-electron chi connectivity index (χ2n) is 3.90. The van der Waals surface area contributed by atoms with E-state index in [0.29, 0.717) is 18.2 Å². The molecule has 0 spiro atoms. The summed E-state index contributed by atoms with van der Waals surface area (Å²) < 4.78 is 0. The number of alkyl halides is 1. The van der Waals surface area contributed by atoms with E-state index in [-0.39, 0.29) is 5.91 Å². The molecule has 1 saturated heterocycles. The SMILES string of the molecule is O=C1CC(CCl)CN1CCc1ccn[nH]1. The Hall–Kier alpha value is -1.03. The van der Waals surface area contributed by atoms with Gasteiger partial charge in [0.15, 0.2) is 0 Å². The maximum absolute atomic E-state index is 11.5. The van der Waals surface area contributed by atoms with E-state index in [1.807, 2.05) is 11.0 Å². The molecule has 0 radical (unpaired) electrons. The minimum Gasteiger partial charge on any atom is -0.342 e. The van der Waals surface area contributed by atoms with E-state index in [1.165, 1.54) is 0 Å². The van der Waals surface area contributed by atoms with Crippen LogP contribution in [0.2, 0.25) is 0 Å². The molecule has 1 amide bonds. The van der Waals surface area contributed by atoms with Crippen molar-refractivity contribution in [2.75, 3.05) is 19.0 Å². The van der Waals surface area contributed by atoms with Crippen molar-refractivity contribution in [3.63, 3.8) is 0 Å². The summed E-state index contributed by atoms with van der Waals surface area (Å²) in [6.07, 6.45) is 3.16. The molecule has 1 unspecified atom stereocenters. The van der Waals surface area contributed by atoms with Crippen molar-refractivity contribution in [1.82, 2.24) is 15.1 Å². The highest BCUT2D eigenvalue weighted by atomic mass is 35.5. The molecule has 0 saturated carbocycles. The summed E-state index contributed by atoms with van der Waals surface area (Å²) in [6.45, 7) is 1.56. The van der Waals surface area contributed by atoms with Gasteiger partial charge in [0.25, 0.3) is 0 Å². The van der Waals surface area contributed by atoms with Crippen LogP contribution in [0, 0.1) is 5.92 Å². The van der Waals surface area contributed by atoms with E-state index in [9.17, 15) is 4.79 Å². The zero-order valence-corrected chi connectivity index (χ0v) is 9.20. The van der Waals surface area contributed by atoms with Gasteiger partial charge >= 0.3 is 0 Å². The molecule has 0 bridgehead atoms. The van der Waals surface area contributed by atoms with Crippen molar-refractivity contribution < 1.29 is 4.79 Å². The summed E-state index contributed by atoms with van der Waals surface area (Å²) in [5.74, 6) is 1.13. The first-order valence-corrected chi connectivity index (χ1v) is 5.65. The minimum absolute atomic E-state index is 0.222. The van der Waals surface area contributed by atoms with E-state index < -0.39 is 0 Å². The molecule has 5 heteroatoms. The molecule has 1 aliphatic heterocycles. The number of hydrogen-bond acceptors (Lipinski definition) is 2. The number of likely N-dealkylation sites (tertiary alicyclic amines) is 1. The molecule has 82 valence electrons. The van der Waals surface area contributed by atoms with Gasteiger partial charge in [0.2, 0.25) is 5.91 Å². The van der Waals surface area contributed by atoms with Crippen LogP contribution in [0.25, 0.3) is 0 Å². The van der Waals surface area contributed by atoms with Crippen molar-refractivity contribution in [2.24, 2.45) is 5.92 Å². The number of carbonyl (C=O) groups is 1. The highest BCUT2D eigenvalue weighted by Gasteiger charge is 2.28. The summed E-state index contributed by atoms with van der Waals surface area (Å²) >= 11 is 5.74. The first-order valence-electron chi connectivity index (χ1n) is 5.11. The molecule has 15 heavy (non-hydrogen) atoms. The average Bonchev–Trinajstić information content (AvgIpc) is 2.84. The molecule has 2 rings (SSSR count). The van der Waals surface area contributed by atoms with Crippen LogP contribution < -0.4 is 0 Å². The molecule has 1 aromatic rings. The first-order chi connectivity index (χ1) is 7.29. The topological polar surface area (TPSA) is 49.0 Å². The number of rotatable bonds is 4. The molecule has 1 atom stereocenters. The lowest BCUT2D eigenvalue weighted by molar-refractivity contribution is -0.127. The Morgan fingerprint density at radius 1 is 1.67 bits per heavy atom. The molecule has 1 N–H and O–H groups in total. The lowest BCUT2D eigenvalue weighted by Crippen LogP contribution is -2.27. The van der Waals surface area contributed by atoms with Crippen LogP contribution in [0.15, 0.2) is 12.3 Å². The molecule has 1 aliphatic rings. The van der Waals surface area contributed by atoms with E-state index >= 15 is 0 Å². The van der Waals surface area contributed by atoms with Gasteiger partial charge in [0.1, 0.15) is 0 Å². The Morgan fingerprint density at radius 2 is 2.53 bits per heavy atom. The minimum atomic E-state index is 0.222. The lowest BCUT2D eigenvalue weighted by atomic mass is 10.1. The zero-order valence-electron chi connectivity index (χ0n) is 8.45. The van der Waals surface area contributed by atoms with Crippen molar-refractivity contribution in [3.05, 3.63) is 18.0 Å². The molecule has 4 nitrogen and oxygen atoms in total. The van der Waals surface area contributed by atoms with Gasteiger partial charge in [-0.05, 0) is 12.0 Å². The van der Waals surface area contributed by atoms with Crippen molar-refractivity contribution in [3.8, 4) is 0 Å². The van der Waals surface area contributed by atoms with Gasteiger partial charge in [-0.25, -0.2) is 0 Å². The van der Waals surface area contributed by atoms with Gasteiger partial charge in [-0.15, -0.1) is 11.6 Å². The molecule has 2 heterocycles. The first kappa shape index (κ1) is 10.5. The Morgan fingerprint density at radius 3 is 3.13 bits per heavy atom. The summed E-state index contributed by atoms with van der Waals surface area (Å²) in [7, 11) is 0. The predicted molar refractivity (Wildman–Crippen MR) is 57.7 cm³/mol. The standard InChI is InChI=1S/C10H14ClN3O/c11-6-8-5-10(15)14(7-8)4-2-9-1-3-12-13-9/h1,3,8H,2,4-7H2,(H,12,13). The quantitative estimate of drug-likeness (QED) is 0.782. The highest BCUT2D eigenvalue weighted by molar-refractivity contribution is 6.18. The Kier molecular flexibility index (Phi) is 3.26. The van der Waals surface area contributed by atoms with Crippen molar-refractivity contribution in [1.29, 1.82) is 0 Å². The monoisotopic (exact) mass is 227 g/mol. The number of nitrogens with zero attached hydrogens (tertiary/aromatic N) is 2. The normalized spacial score (nSPS) is 21.3. The largest absolute Gasteiger partial charge is 0.342 e. The number of nitrogens with one attached hydrogen (secondary N) is 1. The van der Waals surface area contributed by atoms with Gasteiger partial charge in [0, 0.05) is 43.7 Å². The smallest absolute Gasteiger partial charge is 0.222 e. The van der Waals surface area contributed by atoms with Gasteiger partial charge in [-0.1, -0.05) is 0 Å². The highest BCUT2D eigenvalue weighted by Crippen LogP contribution is 2.18. The number of halogens is 1. The number of aromatic amines is 1. The third-order valence-corrected chi connectivity index (χ3v) is 3.16. The second kappa shape index (κ2) is 4.66. The Balaban J connectivity index is 1.83. The van der Waals surface area contributed by atoms with E-state index in [4.69, 9.17) is 11.6 Å². The van der Waals surface area contributed by atoms with Crippen molar-refractivity contribution in [2.45, 2.75) is 12.8 Å². The number of carbonyl (C=O) groups excluding carboxylic acids is 1. The van der Waals surface area contributed by atoms with Gasteiger partial charge in [-0.3, -0.25) is 9.89 Å². The zero-order chi connectivity index (χ0) is 10.7. The fourth-order valence-corrected chi connectivity index (χ4v) is 2.06. The number of amides is 1. The fraction of sp³-hybridized carbons (Fsp3) is 0.600. The van der Waals surface area contributed by atoms with E-state index in [2.05, 4.69) is 10.2 Å². The van der Waals surface area contributed by atoms with Gasteiger partial charge in [0.05, 0.1) is 0 Å². The van der Waals surface area contributed by atoms with Crippen LogP contribution in [-0.4, -0.2) is 40.0 Å². The number of aromatic nitrogens is 2. The maximum atomic E-state index is 11.5. The Labute approximate surface area is 93.6 Å². The third kappa shape index (κ3) is 2.50. The van der Waals surface area contributed by atoms with Crippen LogP contribution in [0.3, 0.4) is 0 Å². The van der Waals surface area contributed by atoms with Gasteiger partial charge < -0.3 is 4.90 Å². The number of H-pyrrole nitrogens is 1. The second-order valence-corrected chi connectivity index (χ2v) is 4.20. The van der Waals surface area contributed by atoms with E-state index in [0.717, 1.165) is 25.2 Å². The molecule has 0 aliphatic carbocycles. The Bertz CT molecular complexity index is 325. The van der Waals surface area contributed by atoms with Crippen LogP contribution in [0.4, 0.5) is 0 Å². The average molecular weight is 228 g/mol.